The van der Waals surface area contributed by atoms with E-state index < -0.39 is 17.7 Å². The van der Waals surface area contributed by atoms with Crippen molar-refractivity contribution in [3.8, 4) is 0 Å². The Kier molecular flexibility index (Phi) is 5.22. The minimum Gasteiger partial charge on any atom is -0.503 e. The van der Waals surface area contributed by atoms with Crippen molar-refractivity contribution in [2.45, 2.75) is 12.5 Å². The van der Waals surface area contributed by atoms with E-state index in [2.05, 4.69) is 4.98 Å². The first-order chi connectivity index (χ1) is 14.1. The Morgan fingerprint density at radius 1 is 1.17 bits per heavy atom. The highest BCUT2D eigenvalue weighted by atomic mass is 32.1. The van der Waals surface area contributed by atoms with Gasteiger partial charge in [0, 0.05) is 18.9 Å². The van der Waals surface area contributed by atoms with Gasteiger partial charge >= 0.3 is 0 Å². The Morgan fingerprint density at radius 2 is 1.97 bits per heavy atom. The van der Waals surface area contributed by atoms with Crippen LogP contribution in [0.5, 0.6) is 0 Å². The Morgan fingerprint density at radius 3 is 2.62 bits per heavy atom. The smallest absolute Gasteiger partial charge is 0.290 e. The topological polar surface area (TPSA) is 70.5 Å². The van der Waals surface area contributed by atoms with Gasteiger partial charge < -0.3 is 10.0 Å². The molecule has 3 heterocycles. The molecule has 5 nitrogen and oxygen atoms in total. The second-order valence-electron chi connectivity index (χ2n) is 6.63. The number of hydrogen-bond donors (Lipinski definition) is 1. The molecule has 1 amide bonds. The van der Waals surface area contributed by atoms with Crippen molar-refractivity contribution >= 4 is 23.0 Å². The third kappa shape index (κ3) is 3.69. The van der Waals surface area contributed by atoms with Crippen molar-refractivity contribution in [2.75, 3.05) is 6.54 Å². The summed E-state index contributed by atoms with van der Waals surface area (Å²) in [5.41, 5.74) is 1.55. The highest BCUT2D eigenvalue weighted by molar-refractivity contribution is 7.12. The maximum Gasteiger partial charge on any atom is 0.290 e. The lowest BCUT2D eigenvalue weighted by atomic mass is 9.96. The first-order valence-electron chi connectivity index (χ1n) is 9.03. The number of Topliss-reactive ketones (excluding diaryl/α,β-unsaturated/α-hetero) is 1. The van der Waals surface area contributed by atoms with Crippen molar-refractivity contribution in [2.24, 2.45) is 0 Å². The fraction of sp³-hybridized carbons (Fsp3) is 0.136. The summed E-state index contributed by atoms with van der Waals surface area (Å²) in [6, 6.07) is 12.2. The van der Waals surface area contributed by atoms with Crippen LogP contribution in [0.25, 0.3) is 0 Å². The van der Waals surface area contributed by atoms with E-state index in [1.807, 2.05) is 0 Å². The molecule has 0 aliphatic carbocycles. The van der Waals surface area contributed by atoms with Gasteiger partial charge in [-0.2, -0.15) is 0 Å². The monoisotopic (exact) mass is 408 g/mol. The molecule has 0 saturated carbocycles. The van der Waals surface area contributed by atoms with Crippen molar-refractivity contribution < 1.29 is 19.1 Å². The normalized spacial score (nSPS) is 16.5. The predicted molar refractivity (Wildman–Crippen MR) is 107 cm³/mol. The average Bonchev–Trinajstić information content (AvgIpc) is 3.36. The SMILES string of the molecule is O=C(C1=C(O)C(=O)N(CCc2ccc(F)cc2)C1c1cccnc1)c1cccs1. The van der Waals surface area contributed by atoms with Gasteiger partial charge in [0.05, 0.1) is 16.5 Å². The van der Waals surface area contributed by atoms with Crippen LogP contribution in [0.2, 0.25) is 0 Å². The largest absolute Gasteiger partial charge is 0.503 e. The van der Waals surface area contributed by atoms with Crippen molar-refractivity contribution in [1.29, 1.82) is 0 Å². The van der Waals surface area contributed by atoms with Crippen LogP contribution in [0.1, 0.15) is 26.8 Å². The predicted octanol–water partition coefficient (Wildman–Crippen LogP) is 4.10. The first kappa shape index (κ1) is 19.0. The lowest BCUT2D eigenvalue weighted by molar-refractivity contribution is -0.129. The van der Waals surface area contributed by atoms with Gasteiger partial charge in [-0.15, -0.1) is 11.3 Å². The van der Waals surface area contributed by atoms with Crippen molar-refractivity contribution in [3.05, 3.63) is 99.5 Å². The molecule has 146 valence electrons. The van der Waals surface area contributed by atoms with Crippen LogP contribution in [0.15, 0.2) is 77.6 Å². The molecule has 1 aliphatic rings. The van der Waals surface area contributed by atoms with Gasteiger partial charge in [0.2, 0.25) is 5.78 Å². The van der Waals surface area contributed by atoms with E-state index in [1.54, 1.807) is 54.2 Å². The number of hydrogen-bond acceptors (Lipinski definition) is 5. The number of aliphatic hydroxyl groups is 1. The molecule has 3 aromatic rings. The molecule has 0 spiro atoms. The molecule has 0 radical (unpaired) electrons. The zero-order valence-corrected chi connectivity index (χ0v) is 16.1. The Hall–Kier alpha value is -3.32. The number of carbonyl (C=O) groups is 2. The molecule has 1 atom stereocenters. The van der Waals surface area contributed by atoms with Crippen LogP contribution in [-0.4, -0.2) is 33.2 Å². The van der Waals surface area contributed by atoms with Crippen LogP contribution < -0.4 is 0 Å². The average molecular weight is 408 g/mol. The van der Waals surface area contributed by atoms with E-state index in [9.17, 15) is 19.1 Å². The van der Waals surface area contributed by atoms with E-state index in [0.29, 0.717) is 16.9 Å². The molecule has 2 aromatic heterocycles. The van der Waals surface area contributed by atoms with Crippen molar-refractivity contribution in [3.63, 3.8) is 0 Å². The number of thiophene rings is 1. The number of amides is 1. The summed E-state index contributed by atoms with van der Waals surface area (Å²) in [7, 11) is 0. The summed E-state index contributed by atoms with van der Waals surface area (Å²) in [5.74, 6) is -1.83. The van der Waals surface area contributed by atoms with E-state index in [4.69, 9.17) is 0 Å². The number of halogens is 1. The summed E-state index contributed by atoms with van der Waals surface area (Å²) in [5, 5.41) is 12.3. The van der Waals surface area contributed by atoms with E-state index in [1.165, 1.54) is 28.4 Å². The molecular weight excluding hydrogens is 391 g/mol. The molecule has 0 bridgehead atoms. The number of aromatic nitrogens is 1. The number of rotatable bonds is 6. The minimum absolute atomic E-state index is 0.0598. The number of pyridine rings is 1. The number of ketones is 1. The fourth-order valence-electron chi connectivity index (χ4n) is 3.44. The van der Waals surface area contributed by atoms with E-state index >= 15 is 0 Å². The van der Waals surface area contributed by atoms with Gasteiger partial charge in [0.1, 0.15) is 5.82 Å². The zero-order chi connectivity index (χ0) is 20.4. The molecule has 7 heteroatoms. The van der Waals surface area contributed by atoms with Gasteiger partial charge in [-0.25, -0.2) is 4.39 Å². The van der Waals surface area contributed by atoms with Crippen LogP contribution >= 0.6 is 11.3 Å². The third-order valence-corrected chi connectivity index (χ3v) is 5.72. The highest BCUT2D eigenvalue weighted by Crippen LogP contribution is 2.39. The molecule has 4 rings (SSSR count). The summed E-state index contributed by atoms with van der Waals surface area (Å²) in [6.07, 6.45) is 3.65. The van der Waals surface area contributed by atoms with Crippen LogP contribution in [0, 0.1) is 5.82 Å². The maximum absolute atomic E-state index is 13.2. The van der Waals surface area contributed by atoms with Crippen LogP contribution in [-0.2, 0) is 11.2 Å². The lowest BCUT2D eigenvalue weighted by Gasteiger charge is -2.26. The lowest BCUT2D eigenvalue weighted by Crippen LogP contribution is -2.33. The quantitative estimate of drug-likeness (QED) is 0.624. The van der Waals surface area contributed by atoms with Gasteiger partial charge in [0.15, 0.2) is 5.76 Å². The second-order valence-corrected chi connectivity index (χ2v) is 7.58. The minimum atomic E-state index is -0.730. The molecule has 0 fully saturated rings. The van der Waals surface area contributed by atoms with Gasteiger partial charge in [0.25, 0.3) is 5.91 Å². The van der Waals surface area contributed by atoms with Gasteiger partial charge in [-0.1, -0.05) is 24.3 Å². The molecule has 1 aliphatic heterocycles. The standard InChI is InChI=1S/C22H17FN2O3S/c23-16-7-5-14(6-8-16)9-11-25-19(15-3-1-10-24-13-15)18(21(27)22(25)28)20(26)17-4-2-12-29-17/h1-8,10,12-13,19,27H,9,11H2. The summed E-state index contributed by atoms with van der Waals surface area (Å²) in [4.78, 5) is 31.9. The number of carbonyl (C=O) groups excluding carboxylic acids is 2. The number of aliphatic hydroxyl groups excluding tert-OH is 1. The molecule has 1 unspecified atom stereocenters. The molecule has 0 saturated heterocycles. The Bertz CT molecular complexity index is 1060. The van der Waals surface area contributed by atoms with E-state index in [0.717, 1.165) is 5.56 Å². The molecule has 1 N–H and O–H groups in total. The third-order valence-electron chi connectivity index (χ3n) is 4.85. The Balaban J connectivity index is 1.68. The second kappa shape index (κ2) is 7.97. The fourth-order valence-corrected chi connectivity index (χ4v) is 4.12. The van der Waals surface area contributed by atoms with Crippen molar-refractivity contribution in [1.82, 2.24) is 9.88 Å². The number of benzene rings is 1. The van der Waals surface area contributed by atoms with Gasteiger partial charge in [-0.3, -0.25) is 14.6 Å². The summed E-state index contributed by atoms with van der Waals surface area (Å²) in [6.45, 7) is 0.259. The zero-order valence-electron chi connectivity index (χ0n) is 15.3. The van der Waals surface area contributed by atoms with E-state index in [-0.39, 0.29) is 23.7 Å². The summed E-state index contributed by atoms with van der Waals surface area (Å²) < 4.78 is 13.2. The van der Waals surface area contributed by atoms with Crippen LogP contribution in [0.3, 0.4) is 0 Å². The molecule has 1 aromatic carbocycles. The van der Waals surface area contributed by atoms with Crippen LogP contribution in [0.4, 0.5) is 4.39 Å². The molecule has 29 heavy (non-hydrogen) atoms. The number of nitrogens with zero attached hydrogens (tertiary/aromatic N) is 2. The Labute approximate surface area is 170 Å². The highest BCUT2D eigenvalue weighted by Gasteiger charge is 2.43. The van der Waals surface area contributed by atoms with Gasteiger partial charge in [-0.05, 0) is 47.2 Å². The first-order valence-corrected chi connectivity index (χ1v) is 9.91. The molecular formula is C22H17FN2O3S. The summed E-state index contributed by atoms with van der Waals surface area (Å²) >= 11 is 1.26. The maximum atomic E-state index is 13.2.